The maximum atomic E-state index is 12.4. The van der Waals surface area contributed by atoms with Crippen molar-refractivity contribution in [3.63, 3.8) is 0 Å². The van der Waals surface area contributed by atoms with Crippen molar-refractivity contribution in [3.8, 4) is 0 Å². The molecule has 2 aliphatic heterocycles. The quantitative estimate of drug-likeness (QED) is 0.805. The van der Waals surface area contributed by atoms with Crippen LogP contribution >= 0.6 is 24.8 Å². The number of nitrogens with zero attached hydrogens (tertiary/aromatic N) is 1. The Morgan fingerprint density at radius 3 is 2.50 bits per heavy atom. The van der Waals surface area contributed by atoms with Gasteiger partial charge in [0.15, 0.2) is 0 Å². The van der Waals surface area contributed by atoms with Crippen LogP contribution in [0.2, 0.25) is 0 Å². The molecule has 2 unspecified atom stereocenters. The second kappa shape index (κ2) is 10.9. The second-order valence-electron chi connectivity index (χ2n) is 6.54. The summed E-state index contributed by atoms with van der Waals surface area (Å²) in [5.41, 5.74) is 1.21. The number of hydrogen-bond acceptors (Lipinski definition) is 3. The first kappa shape index (κ1) is 21.2. The van der Waals surface area contributed by atoms with Crippen LogP contribution in [0.15, 0.2) is 30.3 Å². The Morgan fingerprint density at radius 1 is 1.17 bits per heavy atom. The van der Waals surface area contributed by atoms with Crippen molar-refractivity contribution in [1.29, 1.82) is 0 Å². The van der Waals surface area contributed by atoms with E-state index in [1.807, 2.05) is 6.07 Å². The molecule has 1 amide bonds. The SMILES string of the molecule is Cl.Cl.O=C(CC1CCCN1)NC(CN1CCCC1)c1ccccc1. The van der Waals surface area contributed by atoms with Gasteiger partial charge < -0.3 is 15.5 Å². The van der Waals surface area contributed by atoms with Gasteiger partial charge in [-0.1, -0.05) is 30.3 Å². The van der Waals surface area contributed by atoms with E-state index in [0.717, 1.165) is 32.6 Å². The van der Waals surface area contributed by atoms with Crippen LogP contribution in [0.5, 0.6) is 0 Å². The smallest absolute Gasteiger partial charge is 0.222 e. The highest BCUT2D eigenvalue weighted by molar-refractivity contribution is 5.85. The van der Waals surface area contributed by atoms with Crippen LogP contribution in [0.1, 0.15) is 43.7 Å². The molecule has 0 saturated carbocycles. The fourth-order valence-corrected chi connectivity index (χ4v) is 3.55. The standard InChI is InChI=1S/C18H27N3O.2ClH/c22-18(13-16-9-6-10-19-16)20-17(14-21-11-4-5-12-21)15-7-2-1-3-8-15;;/h1-3,7-8,16-17,19H,4-6,9-14H2,(H,20,22);2*1H. The molecule has 6 heteroatoms. The lowest BCUT2D eigenvalue weighted by molar-refractivity contribution is -0.122. The molecule has 2 aliphatic rings. The minimum Gasteiger partial charge on any atom is -0.348 e. The van der Waals surface area contributed by atoms with E-state index in [1.54, 1.807) is 0 Å². The molecule has 1 aromatic rings. The summed E-state index contributed by atoms with van der Waals surface area (Å²) in [4.78, 5) is 14.9. The second-order valence-corrected chi connectivity index (χ2v) is 6.54. The van der Waals surface area contributed by atoms with Gasteiger partial charge in [0.25, 0.3) is 0 Å². The van der Waals surface area contributed by atoms with Crippen LogP contribution in [-0.2, 0) is 4.79 Å². The zero-order chi connectivity index (χ0) is 15.2. The van der Waals surface area contributed by atoms with Crippen molar-refractivity contribution in [3.05, 3.63) is 35.9 Å². The van der Waals surface area contributed by atoms with Gasteiger partial charge in [0, 0.05) is 19.0 Å². The first-order valence-corrected chi connectivity index (χ1v) is 8.61. The predicted molar refractivity (Wildman–Crippen MR) is 103 cm³/mol. The van der Waals surface area contributed by atoms with Crippen molar-refractivity contribution < 1.29 is 4.79 Å². The Labute approximate surface area is 157 Å². The minimum atomic E-state index is 0. The Balaban J connectivity index is 0.00000144. The molecule has 2 N–H and O–H groups in total. The van der Waals surface area contributed by atoms with Gasteiger partial charge in [-0.25, -0.2) is 0 Å². The van der Waals surface area contributed by atoms with Gasteiger partial charge in [-0.2, -0.15) is 0 Å². The number of halogens is 2. The number of carbonyl (C=O) groups is 1. The van der Waals surface area contributed by atoms with Crippen LogP contribution in [0.4, 0.5) is 0 Å². The molecule has 2 heterocycles. The van der Waals surface area contributed by atoms with Gasteiger partial charge in [0.1, 0.15) is 0 Å². The van der Waals surface area contributed by atoms with Crippen molar-refractivity contribution >= 4 is 30.7 Å². The summed E-state index contributed by atoms with van der Waals surface area (Å²) >= 11 is 0. The van der Waals surface area contributed by atoms with Crippen molar-refractivity contribution in [1.82, 2.24) is 15.5 Å². The molecule has 0 bridgehead atoms. The molecule has 4 nitrogen and oxygen atoms in total. The number of amides is 1. The van der Waals surface area contributed by atoms with Crippen molar-refractivity contribution in [2.75, 3.05) is 26.2 Å². The van der Waals surface area contributed by atoms with Gasteiger partial charge in [-0.3, -0.25) is 4.79 Å². The van der Waals surface area contributed by atoms with E-state index in [0.29, 0.717) is 12.5 Å². The average molecular weight is 374 g/mol. The lowest BCUT2D eigenvalue weighted by Gasteiger charge is -2.25. The van der Waals surface area contributed by atoms with E-state index in [2.05, 4.69) is 39.8 Å². The number of likely N-dealkylation sites (tertiary alicyclic amines) is 1. The molecule has 1 aromatic carbocycles. The van der Waals surface area contributed by atoms with E-state index in [-0.39, 0.29) is 36.8 Å². The fourth-order valence-electron chi connectivity index (χ4n) is 3.55. The summed E-state index contributed by atoms with van der Waals surface area (Å²) in [5.74, 6) is 0.174. The van der Waals surface area contributed by atoms with Gasteiger partial charge in [0.2, 0.25) is 5.91 Å². The number of nitrogens with one attached hydrogen (secondary N) is 2. The first-order valence-electron chi connectivity index (χ1n) is 8.61. The highest BCUT2D eigenvalue weighted by Gasteiger charge is 2.23. The summed E-state index contributed by atoms with van der Waals surface area (Å²) in [5, 5.41) is 6.67. The molecule has 2 fully saturated rings. The van der Waals surface area contributed by atoms with Crippen molar-refractivity contribution in [2.24, 2.45) is 0 Å². The average Bonchev–Trinajstić information content (AvgIpc) is 3.21. The third-order valence-corrected chi connectivity index (χ3v) is 4.77. The largest absolute Gasteiger partial charge is 0.348 e. The molecule has 0 spiro atoms. The summed E-state index contributed by atoms with van der Waals surface area (Å²) in [6.45, 7) is 4.29. The van der Waals surface area contributed by atoms with Crippen LogP contribution in [-0.4, -0.2) is 43.0 Å². The molecular formula is C18H29Cl2N3O. The zero-order valence-corrected chi connectivity index (χ0v) is 15.7. The monoisotopic (exact) mass is 373 g/mol. The maximum Gasteiger partial charge on any atom is 0.222 e. The summed E-state index contributed by atoms with van der Waals surface area (Å²) in [6, 6.07) is 10.8. The van der Waals surface area contributed by atoms with Crippen LogP contribution in [0.25, 0.3) is 0 Å². The van der Waals surface area contributed by atoms with E-state index in [1.165, 1.54) is 24.8 Å². The topological polar surface area (TPSA) is 44.4 Å². The third-order valence-electron chi connectivity index (χ3n) is 4.77. The molecular weight excluding hydrogens is 345 g/mol. The van der Waals surface area contributed by atoms with Crippen molar-refractivity contribution in [2.45, 2.75) is 44.2 Å². The predicted octanol–water partition coefficient (Wildman–Crippen LogP) is 2.93. The summed E-state index contributed by atoms with van der Waals surface area (Å²) in [7, 11) is 0. The van der Waals surface area contributed by atoms with E-state index in [4.69, 9.17) is 0 Å². The zero-order valence-electron chi connectivity index (χ0n) is 14.1. The molecule has 2 saturated heterocycles. The molecule has 3 rings (SSSR count). The van der Waals surface area contributed by atoms with Gasteiger partial charge in [-0.05, 0) is 50.9 Å². The Morgan fingerprint density at radius 2 is 1.88 bits per heavy atom. The van der Waals surface area contributed by atoms with E-state index >= 15 is 0 Å². The third kappa shape index (κ3) is 6.25. The van der Waals surface area contributed by atoms with Crippen LogP contribution in [0.3, 0.4) is 0 Å². The lowest BCUT2D eigenvalue weighted by Crippen LogP contribution is -2.39. The number of hydrogen-bond donors (Lipinski definition) is 2. The van der Waals surface area contributed by atoms with Gasteiger partial charge in [-0.15, -0.1) is 24.8 Å². The molecule has 0 aliphatic carbocycles. The number of carbonyl (C=O) groups excluding carboxylic acids is 1. The Hall–Kier alpha value is -0.810. The Bertz CT molecular complexity index is 474. The molecule has 24 heavy (non-hydrogen) atoms. The first-order chi connectivity index (χ1) is 10.8. The minimum absolute atomic E-state index is 0. The highest BCUT2D eigenvalue weighted by atomic mass is 35.5. The Kier molecular flexibility index (Phi) is 9.67. The summed E-state index contributed by atoms with van der Waals surface area (Å²) < 4.78 is 0. The fraction of sp³-hybridized carbons (Fsp3) is 0.611. The van der Waals surface area contributed by atoms with E-state index < -0.39 is 0 Å². The normalized spacial score (nSPS) is 21.6. The highest BCUT2D eigenvalue weighted by Crippen LogP contribution is 2.18. The van der Waals surface area contributed by atoms with Crippen LogP contribution < -0.4 is 10.6 Å². The van der Waals surface area contributed by atoms with Gasteiger partial charge >= 0.3 is 0 Å². The van der Waals surface area contributed by atoms with Gasteiger partial charge in [0.05, 0.1) is 6.04 Å². The lowest BCUT2D eigenvalue weighted by atomic mass is 10.1. The maximum absolute atomic E-state index is 12.4. The van der Waals surface area contributed by atoms with Crippen LogP contribution in [0, 0.1) is 0 Å². The van der Waals surface area contributed by atoms with E-state index in [9.17, 15) is 4.79 Å². The molecule has 136 valence electrons. The molecule has 0 aromatic heterocycles. The number of rotatable bonds is 6. The number of benzene rings is 1. The summed E-state index contributed by atoms with van der Waals surface area (Å²) in [6.07, 6.45) is 5.47. The molecule has 2 atom stereocenters. The molecule has 0 radical (unpaired) electrons.